The van der Waals surface area contributed by atoms with Gasteiger partial charge in [-0.1, -0.05) is 177 Å². The Kier molecular flexibility index (Phi) is 46.3. The van der Waals surface area contributed by atoms with E-state index in [1.165, 1.54) is 30.6 Å². The molecule has 33 nitrogen and oxygen atoms in total. The van der Waals surface area contributed by atoms with Crippen molar-refractivity contribution in [1.82, 2.24) is 55.9 Å². The number of carbonyl (C=O) groups excluding carboxylic acids is 5. The van der Waals surface area contributed by atoms with Crippen molar-refractivity contribution in [2.75, 3.05) is 119 Å². The Morgan fingerprint density at radius 3 is 0.895 bits per heavy atom. The van der Waals surface area contributed by atoms with Crippen LogP contribution in [0.3, 0.4) is 0 Å². The van der Waals surface area contributed by atoms with Crippen molar-refractivity contribution in [3.05, 3.63) is 205 Å². The topological polar surface area (TPSA) is 374 Å². The van der Waals surface area contributed by atoms with Gasteiger partial charge in [0.25, 0.3) is 11.8 Å². The maximum Gasteiger partial charge on any atom is 0.410 e. The summed E-state index contributed by atoms with van der Waals surface area (Å²) in [5.41, 5.74) is 5.88. The van der Waals surface area contributed by atoms with Crippen molar-refractivity contribution >= 4 is 148 Å². The molecule has 7 aromatic rings. The van der Waals surface area contributed by atoms with E-state index in [2.05, 4.69) is 149 Å². The van der Waals surface area contributed by atoms with Crippen molar-refractivity contribution in [3.8, 4) is 17.2 Å². The summed E-state index contributed by atoms with van der Waals surface area (Å²) in [6.07, 6.45) is 4.71. The number of carboxylic acids is 2. The highest BCUT2D eigenvalue weighted by molar-refractivity contribution is 6.34. The first-order chi connectivity index (χ1) is 63.9. The van der Waals surface area contributed by atoms with Crippen LogP contribution in [0.15, 0.2) is 128 Å². The number of piperazine rings is 4. The zero-order valence-corrected chi connectivity index (χ0v) is 87.5. The van der Waals surface area contributed by atoms with E-state index in [9.17, 15) is 33.6 Å². The molecule has 0 unspecified atom stereocenters. The van der Waals surface area contributed by atoms with Gasteiger partial charge in [-0.05, 0) is 147 Å². The van der Waals surface area contributed by atoms with Gasteiger partial charge in [-0.3, -0.25) is 9.59 Å². The molecule has 7 fully saturated rings. The fraction of sp³-hybridized carbons (Fsp3) is 0.538. The van der Waals surface area contributed by atoms with Gasteiger partial charge >= 0.3 is 30.2 Å². The molecular weight excluding hydrogens is 1950 g/mol. The van der Waals surface area contributed by atoms with E-state index in [0.717, 1.165) is 64.0 Å². The summed E-state index contributed by atoms with van der Waals surface area (Å²) in [5.74, 6) is 1.97. The second-order valence-corrected chi connectivity index (χ2v) is 42.6. The number of aromatic carboxylic acids is 2. The third-order valence-corrected chi connectivity index (χ3v) is 25.9. The zero-order chi connectivity index (χ0) is 101. The Bertz CT molecular complexity index is 5470. The van der Waals surface area contributed by atoms with Gasteiger partial charge in [0.15, 0.2) is 0 Å². The molecule has 3 saturated carbocycles. The van der Waals surface area contributed by atoms with Crippen LogP contribution in [0.2, 0.25) is 20.2 Å². The number of carbonyl (C=O) groups is 7. The van der Waals surface area contributed by atoms with E-state index in [-0.39, 0.29) is 170 Å². The molecule has 143 heavy (non-hydrogen) atoms. The number of hydrogen-bond donors (Lipinski definition) is 7. The van der Waals surface area contributed by atoms with Crippen LogP contribution in [0.5, 0.6) is 17.2 Å². The average molecular weight is 2100 g/mol. The molecule has 0 spiro atoms. The lowest BCUT2D eigenvalue weighted by Crippen LogP contribution is -2.74. The first-order valence-electron chi connectivity index (χ1n) is 45.4. The highest BCUT2D eigenvalue weighted by Gasteiger charge is 2.66. The standard InChI is InChI=1S/C30H38ClN5O4.C25H30ClN5O2.C15H19ClN2O.C15H21N3O4.C9H18N2O2.C6H4ClNO2.4CH4.2ClH/c1-28(2,3)40-27(38)36-15-13-35(14-16-36)23-12-9-19(18-33-23)24(37)34-25-29(4,5)26(30(25,6)7)39-20-10-11-22(32-8)21(31)17-20;1-24(2)22(25(3,4)23(24)33-17-7-8-19(27-5)18(26)14-17)30-21(32)16-6-9-20(29-15-16)31-12-10-28-11-13-31;1-14(2)12(17)15(3,4)13(14)19-9-6-7-11(18-5)10(16)8-9;1-15(2,3)22-14(21)18-8-6-17(7-9-18)12-5-4-11(10-16-12)13(19)20;1-9(2,3)13-8(12)11-6-4-10-5-7-11;7-5-2-1-4(3-8-5)6(9)10;;;;;;/h9-12,17-18,25-26H,13-16H2,1-7H3,(H,34,37);6-9,14-15,22-23,28H,10-13H2,1-4H3,(H,30,32);6-8,12-13H,17H2,1-4H3;4-5,10H,6-9H2,1-3H3,(H,19,20);10H,4-7H2,1-3H3;1-3H,(H,9,10);4*1H4;2*1H. The summed E-state index contributed by atoms with van der Waals surface area (Å²) in [6, 6.07) is 28.7. The van der Waals surface area contributed by atoms with Crippen LogP contribution in [-0.4, -0.2) is 245 Å². The van der Waals surface area contributed by atoms with Gasteiger partial charge in [-0.15, -0.1) is 24.8 Å². The molecule has 4 aromatic heterocycles. The quantitative estimate of drug-likeness (QED) is 0.0285. The number of nitrogens with zero attached hydrogens (tertiary/aromatic N) is 13. The molecule has 8 heterocycles. The van der Waals surface area contributed by atoms with Crippen LogP contribution in [0.25, 0.3) is 14.5 Å². The number of amides is 5. The second-order valence-electron chi connectivity index (χ2n) is 40.9. The minimum Gasteiger partial charge on any atom is -0.489 e. The lowest BCUT2D eigenvalue weighted by molar-refractivity contribution is -0.164. The zero-order valence-electron chi connectivity index (χ0n) is 82.8. The molecule has 5 amide bonds. The third kappa shape index (κ3) is 32.9. The van der Waals surface area contributed by atoms with Gasteiger partial charge in [-0.2, -0.15) is 0 Å². The number of pyridine rings is 4. The van der Waals surface area contributed by atoms with Gasteiger partial charge in [0.2, 0.25) is 17.1 Å². The molecule has 4 saturated heterocycles. The predicted molar refractivity (Wildman–Crippen MR) is 573 cm³/mol. The van der Waals surface area contributed by atoms with Crippen LogP contribution < -0.4 is 55.9 Å². The van der Waals surface area contributed by atoms with Crippen LogP contribution in [0.4, 0.5) is 48.9 Å². The van der Waals surface area contributed by atoms with Gasteiger partial charge in [0.05, 0.1) is 57.0 Å². The van der Waals surface area contributed by atoms with Crippen molar-refractivity contribution in [1.29, 1.82) is 0 Å². The van der Waals surface area contributed by atoms with Crippen LogP contribution >= 0.6 is 71.2 Å². The second kappa shape index (κ2) is 52.6. The Morgan fingerprint density at radius 2 is 0.643 bits per heavy atom. The minimum atomic E-state index is -0.996. The molecule has 7 aliphatic rings. The van der Waals surface area contributed by atoms with Gasteiger partial charge < -0.3 is 95.0 Å². The Morgan fingerprint density at radius 1 is 0.385 bits per heavy atom. The fourth-order valence-corrected chi connectivity index (χ4v) is 19.2. The molecule has 3 aromatic carbocycles. The fourth-order valence-electron chi connectivity index (χ4n) is 18.4. The van der Waals surface area contributed by atoms with Gasteiger partial charge in [-0.25, -0.2) is 58.4 Å². The lowest BCUT2D eigenvalue weighted by Gasteiger charge is -2.63. The Hall–Kier alpha value is -11.2. The number of anilines is 3. The maximum atomic E-state index is 13.2. The largest absolute Gasteiger partial charge is 0.489 e. The highest BCUT2D eigenvalue weighted by atomic mass is 35.5. The number of nitrogens with one attached hydrogen (secondary N) is 4. The smallest absolute Gasteiger partial charge is 0.410 e. The number of benzene rings is 3. The number of halogens is 6. The van der Waals surface area contributed by atoms with Crippen molar-refractivity contribution < 1.29 is 72.2 Å². The van der Waals surface area contributed by atoms with Gasteiger partial charge in [0.1, 0.15) is 75.0 Å². The van der Waals surface area contributed by atoms with E-state index in [1.54, 1.807) is 93.8 Å². The highest BCUT2D eigenvalue weighted by Crippen LogP contribution is 2.58. The SMILES string of the molecule is C.C.C.C.CC(C)(C)OC(=O)N1CCN(c2ccc(C(=O)O)cn2)CC1.CC(C)(C)OC(=O)N1CCNCC1.Cl.Cl.O=C(O)c1ccc(Cl)nc1.[C-]#[N+]c1ccc(OC2C(C)(C)C(N)C2(C)C)cc1Cl.[C-]#[N+]c1ccc(OC2C(C)(C)C(NC(=O)c3ccc(N4CCN(C(=O)OC(C)(C)C)CC4)nc3)C2(C)C)cc1Cl.[C-]#[N+]c1ccc(OC2C(C)(C)C(NC(=O)c3ccc(N4CCNCC4)nc3)C2(C)C)cc1Cl. The summed E-state index contributed by atoms with van der Waals surface area (Å²) in [6.45, 7) is 74.8. The van der Waals surface area contributed by atoms with Crippen molar-refractivity contribution in [3.63, 3.8) is 0 Å². The van der Waals surface area contributed by atoms with Crippen molar-refractivity contribution in [2.45, 2.75) is 228 Å². The molecule has 0 bridgehead atoms. The number of carboxylic acid groups (broad SMARTS) is 2. The van der Waals surface area contributed by atoms with Crippen LogP contribution in [0, 0.1) is 52.2 Å². The first kappa shape index (κ1) is 126. The summed E-state index contributed by atoms with van der Waals surface area (Å²) < 4.78 is 34.7. The monoisotopic (exact) mass is 2100 g/mol. The molecule has 0 atom stereocenters. The van der Waals surface area contributed by atoms with Crippen LogP contribution in [0.1, 0.15) is 217 Å². The predicted octanol–water partition coefficient (Wildman–Crippen LogP) is 21.8. The number of aromatic nitrogens is 4. The van der Waals surface area contributed by atoms with Gasteiger partial charge in [0, 0.05) is 180 Å². The van der Waals surface area contributed by atoms with E-state index in [0.29, 0.717) is 124 Å². The lowest BCUT2D eigenvalue weighted by atomic mass is 9.49. The average Bonchev–Trinajstić information content (AvgIpc) is 0.697. The molecular formula is C104H148Cl6N18O15. The molecule has 39 heteroatoms. The molecule has 14 rings (SSSR count). The molecule has 0 radical (unpaired) electrons. The first-order valence-corrected chi connectivity index (χ1v) is 46.9. The van der Waals surface area contributed by atoms with Crippen molar-refractivity contribution in [2.24, 2.45) is 38.2 Å². The molecule has 786 valence electrons. The molecule has 8 N–H and O–H groups in total. The van der Waals surface area contributed by atoms with E-state index < -0.39 is 23.1 Å². The minimum absolute atomic E-state index is 0. The van der Waals surface area contributed by atoms with E-state index in [4.69, 9.17) is 110 Å². The van der Waals surface area contributed by atoms with Crippen LogP contribution in [-0.2, 0) is 14.2 Å². The Labute approximate surface area is 878 Å². The number of ether oxygens (including phenoxy) is 6. The Balaban J connectivity index is 0.000000461. The summed E-state index contributed by atoms with van der Waals surface area (Å²) >= 11 is 23.8. The molecule has 3 aliphatic carbocycles. The normalized spacial score (nSPS) is 19.7. The summed E-state index contributed by atoms with van der Waals surface area (Å²) in [5, 5.41) is 31.6. The number of nitrogens with two attached hydrogens (primary N) is 1. The maximum absolute atomic E-state index is 13.2. The number of rotatable bonds is 15. The van der Waals surface area contributed by atoms with E-state index in [1.807, 2.05) is 85.4 Å². The molecule has 4 aliphatic heterocycles. The summed E-state index contributed by atoms with van der Waals surface area (Å²) in [7, 11) is 0. The van der Waals surface area contributed by atoms with E-state index >= 15 is 0 Å². The number of hydrogen-bond acceptors (Lipinski definition) is 23. The summed E-state index contributed by atoms with van der Waals surface area (Å²) in [4.78, 5) is 121. The third-order valence-electron chi connectivity index (χ3n) is 24.8.